The molecular formula is C27H23N7O2S. The van der Waals surface area contributed by atoms with Crippen molar-refractivity contribution in [3.05, 3.63) is 87.7 Å². The number of pyridine rings is 1. The molecule has 10 heteroatoms. The van der Waals surface area contributed by atoms with E-state index >= 15 is 0 Å². The summed E-state index contributed by atoms with van der Waals surface area (Å²) in [6.07, 6.45) is 0.409. The number of para-hydroxylation sites is 1. The fraction of sp³-hybridized carbons (Fsp3) is 0.148. The van der Waals surface area contributed by atoms with E-state index in [1.165, 1.54) is 10.7 Å². The third-order valence-corrected chi connectivity index (χ3v) is 7.02. The molecule has 1 atom stereocenters. The first kappa shape index (κ1) is 25.3. The Morgan fingerprint density at radius 2 is 1.81 bits per heavy atom. The summed E-state index contributed by atoms with van der Waals surface area (Å²) in [7, 11) is 0. The van der Waals surface area contributed by atoms with Gasteiger partial charge in [0.05, 0.1) is 16.5 Å². The van der Waals surface area contributed by atoms with E-state index in [1.807, 2.05) is 44.2 Å². The van der Waals surface area contributed by atoms with E-state index in [1.54, 1.807) is 24.3 Å². The fourth-order valence-electron chi connectivity index (χ4n) is 3.79. The molecule has 0 spiro atoms. The first-order valence-electron chi connectivity index (χ1n) is 11.4. The maximum Gasteiger partial charge on any atom is 0.273 e. The molecule has 1 unspecified atom stereocenters. The average Bonchev–Trinajstić information content (AvgIpc) is 3.27. The van der Waals surface area contributed by atoms with E-state index < -0.39 is 5.25 Å². The zero-order chi connectivity index (χ0) is 26.5. The first-order chi connectivity index (χ1) is 17.9. The van der Waals surface area contributed by atoms with Crippen molar-refractivity contribution >= 4 is 29.3 Å². The van der Waals surface area contributed by atoms with Gasteiger partial charge in [-0.25, -0.2) is 9.67 Å². The molecule has 1 amide bonds. The van der Waals surface area contributed by atoms with Gasteiger partial charge >= 0.3 is 0 Å². The first-order valence-corrected chi connectivity index (χ1v) is 12.3. The number of nitriles is 2. The molecule has 9 nitrogen and oxygen atoms in total. The lowest BCUT2D eigenvalue weighted by atomic mass is 9.96. The molecule has 0 saturated heterocycles. The minimum atomic E-state index is -0.651. The molecule has 0 radical (unpaired) electrons. The van der Waals surface area contributed by atoms with Gasteiger partial charge in [-0.1, -0.05) is 66.7 Å². The van der Waals surface area contributed by atoms with Crippen LogP contribution in [-0.2, 0) is 4.79 Å². The number of thioether (sulfide) groups is 1. The number of aryl methyl sites for hydroxylation is 1. The lowest BCUT2D eigenvalue weighted by Crippen LogP contribution is -2.25. The summed E-state index contributed by atoms with van der Waals surface area (Å²) in [4.78, 5) is 29.9. The summed E-state index contributed by atoms with van der Waals surface area (Å²) in [5, 5.41) is 25.0. The highest BCUT2D eigenvalue weighted by Gasteiger charge is 2.26. The minimum absolute atomic E-state index is 0.0147. The van der Waals surface area contributed by atoms with E-state index in [9.17, 15) is 20.1 Å². The second kappa shape index (κ2) is 10.9. The highest BCUT2D eigenvalue weighted by Crippen LogP contribution is 2.37. The Labute approximate surface area is 217 Å². The molecule has 2 heterocycles. The number of nitrogens with zero attached hydrogens (tertiary/aromatic N) is 4. The number of carbonyl (C=O) groups is 1. The average molecular weight is 510 g/mol. The van der Waals surface area contributed by atoms with Gasteiger partial charge in [-0.05, 0) is 31.0 Å². The third kappa shape index (κ3) is 5.25. The second-order valence-corrected chi connectivity index (χ2v) is 9.39. The fourth-order valence-corrected chi connectivity index (χ4v) is 4.81. The van der Waals surface area contributed by atoms with Crippen LogP contribution in [-0.4, -0.2) is 25.9 Å². The molecule has 0 aliphatic heterocycles. The van der Waals surface area contributed by atoms with Crippen LogP contribution in [0.2, 0.25) is 0 Å². The largest absolute Gasteiger partial charge is 0.383 e. The Hall–Kier alpha value is -4.80. The highest BCUT2D eigenvalue weighted by atomic mass is 32.2. The lowest BCUT2D eigenvalue weighted by Gasteiger charge is -2.17. The molecule has 0 aliphatic rings. The van der Waals surface area contributed by atoms with Crippen molar-refractivity contribution in [3.8, 4) is 29.0 Å². The molecule has 4 aromatic rings. The summed E-state index contributed by atoms with van der Waals surface area (Å²) in [6, 6.07) is 21.9. The van der Waals surface area contributed by atoms with E-state index in [2.05, 4.69) is 27.5 Å². The Morgan fingerprint density at radius 3 is 2.43 bits per heavy atom. The Morgan fingerprint density at radius 1 is 1.14 bits per heavy atom. The summed E-state index contributed by atoms with van der Waals surface area (Å²) < 4.78 is 1.33. The number of aromatic amines is 1. The maximum absolute atomic E-state index is 13.1. The van der Waals surface area contributed by atoms with Gasteiger partial charge in [0.1, 0.15) is 34.4 Å². The van der Waals surface area contributed by atoms with Crippen molar-refractivity contribution < 1.29 is 4.79 Å². The zero-order valence-electron chi connectivity index (χ0n) is 20.1. The predicted molar refractivity (Wildman–Crippen MR) is 143 cm³/mol. The van der Waals surface area contributed by atoms with Gasteiger partial charge in [-0.15, -0.1) is 0 Å². The number of rotatable bonds is 7. The molecule has 0 aliphatic carbocycles. The van der Waals surface area contributed by atoms with E-state index in [0.29, 0.717) is 23.2 Å². The summed E-state index contributed by atoms with van der Waals surface area (Å²) in [5.41, 5.74) is 8.79. The standard InChI is InChI=1S/C27H23N7O2S/c1-3-21(26(36)31-22-13-23(35)34(33-22)18-7-5-4-6-8-18)37-27-20(15-29)24(19(14-28)25(30)32-27)17-11-9-16(2)10-12-17/h4-13,21,33H,3H2,1-2H3,(H2,30,32)(H,31,36). The molecule has 0 fully saturated rings. The van der Waals surface area contributed by atoms with Crippen molar-refractivity contribution in [2.75, 3.05) is 11.1 Å². The van der Waals surface area contributed by atoms with Gasteiger partial charge in [-0.3, -0.25) is 14.7 Å². The molecule has 4 rings (SSSR count). The number of benzene rings is 2. The van der Waals surface area contributed by atoms with Crippen LogP contribution in [0.25, 0.3) is 16.8 Å². The maximum atomic E-state index is 13.1. The highest BCUT2D eigenvalue weighted by molar-refractivity contribution is 8.00. The van der Waals surface area contributed by atoms with E-state index in [4.69, 9.17) is 5.73 Å². The van der Waals surface area contributed by atoms with Gasteiger partial charge in [0, 0.05) is 11.6 Å². The van der Waals surface area contributed by atoms with Crippen LogP contribution in [0.4, 0.5) is 11.6 Å². The van der Waals surface area contributed by atoms with E-state index in [-0.39, 0.29) is 39.3 Å². The van der Waals surface area contributed by atoms with Crippen molar-refractivity contribution in [1.29, 1.82) is 10.5 Å². The van der Waals surface area contributed by atoms with Crippen molar-refractivity contribution in [3.63, 3.8) is 0 Å². The number of anilines is 2. The van der Waals surface area contributed by atoms with Crippen LogP contribution in [0, 0.1) is 29.6 Å². The number of aromatic nitrogens is 3. The van der Waals surface area contributed by atoms with Crippen LogP contribution in [0.5, 0.6) is 0 Å². The monoisotopic (exact) mass is 509 g/mol. The minimum Gasteiger partial charge on any atom is -0.383 e. The second-order valence-electron chi connectivity index (χ2n) is 8.20. The molecule has 2 aromatic heterocycles. The molecule has 0 bridgehead atoms. The van der Waals surface area contributed by atoms with Crippen LogP contribution >= 0.6 is 11.8 Å². The van der Waals surface area contributed by atoms with Gasteiger partial charge in [0.2, 0.25) is 5.91 Å². The quantitative estimate of drug-likeness (QED) is 0.313. The number of H-pyrrole nitrogens is 1. The van der Waals surface area contributed by atoms with Gasteiger partial charge in [0.15, 0.2) is 0 Å². The van der Waals surface area contributed by atoms with Crippen LogP contribution < -0.4 is 16.6 Å². The number of nitrogens with two attached hydrogens (primary N) is 1. The normalized spacial score (nSPS) is 11.4. The number of hydrogen-bond acceptors (Lipinski definition) is 7. The summed E-state index contributed by atoms with van der Waals surface area (Å²) in [6.45, 7) is 3.77. The number of amides is 1. The molecule has 2 aromatic carbocycles. The summed E-state index contributed by atoms with van der Waals surface area (Å²) in [5.74, 6) is -0.148. The lowest BCUT2D eigenvalue weighted by molar-refractivity contribution is -0.115. The van der Waals surface area contributed by atoms with Crippen molar-refractivity contribution in [2.45, 2.75) is 30.5 Å². The SMILES string of the molecule is CCC(Sc1nc(N)c(C#N)c(-c2ccc(C)cc2)c1C#N)C(=O)Nc1cc(=O)n(-c2ccccc2)[nH]1. The van der Waals surface area contributed by atoms with Crippen molar-refractivity contribution in [1.82, 2.24) is 14.8 Å². The van der Waals surface area contributed by atoms with Gasteiger partial charge in [0.25, 0.3) is 5.56 Å². The smallest absolute Gasteiger partial charge is 0.273 e. The molecule has 184 valence electrons. The van der Waals surface area contributed by atoms with Crippen LogP contribution in [0.1, 0.15) is 30.0 Å². The molecular weight excluding hydrogens is 486 g/mol. The third-order valence-electron chi connectivity index (χ3n) is 5.67. The molecule has 0 saturated carbocycles. The Bertz CT molecular complexity index is 1590. The summed E-state index contributed by atoms with van der Waals surface area (Å²) >= 11 is 1.09. The predicted octanol–water partition coefficient (Wildman–Crippen LogP) is 4.37. The van der Waals surface area contributed by atoms with Gasteiger partial charge < -0.3 is 11.1 Å². The van der Waals surface area contributed by atoms with Crippen LogP contribution in [0.3, 0.4) is 0 Å². The Kier molecular flexibility index (Phi) is 7.42. The molecule has 4 N–H and O–H groups in total. The van der Waals surface area contributed by atoms with E-state index in [0.717, 1.165) is 17.3 Å². The topological polar surface area (TPSA) is 153 Å². The molecule has 37 heavy (non-hydrogen) atoms. The number of nitrogen functional groups attached to an aromatic ring is 1. The van der Waals surface area contributed by atoms with Crippen molar-refractivity contribution in [2.24, 2.45) is 0 Å². The zero-order valence-corrected chi connectivity index (χ0v) is 21.0. The number of nitrogens with one attached hydrogen (secondary N) is 2. The van der Waals surface area contributed by atoms with Gasteiger partial charge in [-0.2, -0.15) is 10.5 Å². The number of hydrogen-bond donors (Lipinski definition) is 3. The van der Waals surface area contributed by atoms with Crippen LogP contribution in [0.15, 0.2) is 70.5 Å². The number of carbonyl (C=O) groups excluding carboxylic acids is 1. The Balaban J connectivity index is 1.65.